The highest BCUT2D eigenvalue weighted by Crippen LogP contribution is 2.35. The van der Waals surface area contributed by atoms with Gasteiger partial charge in [0.2, 0.25) is 5.91 Å². The number of rotatable bonds is 2. The van der Waals surface area contributed by atoms with Crippen molar-refractivity contribution in [1.82, 2.24) is 9.80 Å². The lowest BCUT2D eigenvalue weighted by Crippen LogP contribution is -2.54. The zero-order valence-electron chi connectivity index (χ0n) is 18.9. The number of aryl methyl sites for hydroxylation is 1. The summed E-state index contributed by atoms with van der Waals surface area (Å²) in [6.07, 6.45) is 3.12. The molecule has 0 fully saturated rings. The van der Waals surface area contributed by atoms with Crippen LogP contribution in [0.15, 0.2) is 48.5 Å². The fraction of sp³-hybridized carbons (Fsp3) is 0.462. The molecule has 2 aliphatic rings. The van der Waals surface area contributed by atoms with Gasteiger partial charge in [0.05, 0.1) is 12.6 Å². The Morgan fingerprint density at radius 3 is 2.35 bits per heavy atom. The first-order chi connectivity index (χ1) is 14.7. The van der Waals surface area contributed by atoms with E-state index in [0.29, 0.717) is 13.0 Å². The van der Waals surface area contributed by atoms with Gasteiger partial charge in [-0.15, -0.1) is 0 Å². The van der Waals surface area contributed by atoms with E-state index in [0.717, 1.165) is 30.4 Å². The zero-order chi connectivity index (χ0) is 22.2. The molecule has 1 unspecified atom stereocenters. The maximum atomic E-state index is 13.8. The summed E-state index contributed by atoms with van der Waals surface area (Å²) >= 11 is 0. The Hall–Kier alpha value is -2.82. The van der Waals surface area contributed by atoms with Gasteiger partial charge in [0.15, 0.2) is 0 Å². The molecule has 1 aliphatic heterocycles. The summed E-state index contributed by atoms with van der Waals surface area (Å²) in [6.45, 7) is 5.94. The predicted octanol–water partition coefficient (Wildman–Crippen LogP) is 4.88. The molecule has 1 heterocycles. The molecule has 0 saturated heterocycles. The molecule has 5 nitrogen and oxygen atoms in total. The van der Waals surface area contributed by atoms with Crippen LogP contribution in [0.5, 0.6) is 0 Å². The standard InChI is InChI=1S/C26H32N2O3/c1-26(2,3)31-25(30)28-17-20-12-6-5-11-19(20)16-23(28)24(29)27(4)22-15-9-13-18-10-7-8-14-21(18)22/h5-8,10-12,14,22-23H,9,13,15-17H2,1-4H3/t22-,23?/m1/s1. The smallest absolute Gasteiger partial charge is 0.411 e. The molecule has 5 heteroatoms. The molecule has 2 atom stereocenters. The molecule has 2 amide bonds. The Morgan fingerprint density at radius 1 is 1.00 bits per heavy atom. The first kappa shape index (κ1) is 21.4. The lowest BCUT2D eigenvalue weighted by atomic mass is 9.86. The Balaban J connectivity index is 1.63. The van der Waals surface area contributed by atoms with Crippen molar-refractivity contribution in [1.29, 1.82) is 0 Å². The minimum atomic E-state index is -0.615. The van der Waals surface area contributed by atoms with Crippen LogP contribution in [-0.4, -0.2) is 40.5 Å². The minimum Gasteiger partial charge on any atom is -0.444 e. The van der Waals surface area contributed by atoms with Crippen molar-refractivity contribution in [2.45, 2.75) is 70.7 Å². The van der Waals surface area contributed by atoms with E-state index >= 15 is 0 Å². The molecule has 1 aliphatic carbocycles. The van der Waals surface area contributed by atoms with E-state index in [4.69, 9.17) is 4.74 Å². The number of amides is 2. The summed E-state index contributed by atoms with van der Waals surface area (Å²) in [6, 6.07) is 15.9. The van der Waals surface area contributed by atoms with Crippen molar-refractivity contribution in [3.63, 3.8) is 0 Å². The summed E-state index contributed by atoms with van der Waals surface area (Å²) in [5.41, 5.74) is 4.12. The normalized spacial score (nSPS) is 20.5. The summed E-state index contributed by atoms with van der Waals surface area (Å²) in [4.78, 5) is 30.3. The number of likely N-dealkylation sites (N-methyl/N-ethyl adjacent to an activating group) is 1. The third-order valence-corrected chi connectivity index (χ3v) is 6.31. The van der Waals surface area contributed by atoms with Crippen molar-refractivity contribution in [3.8, 4) is 0 Å². The van der Waals surface area contributed by atoms with Crippen LogP contribution in [0, 0.1) is 0 Å². The molecule has 0 aromatic heterocycles. The van der Waals surface area contributed by atoms with Gasteiger partial charge < -0.3 is 9.64 Å². The van der Waals surface area contributed by atoms with Crippen LogP contribution in [0.25, 0.3) is 0 Å². The van der Waals surface area contributed by atoms with Crippen LogP contribution in [0.4, 0.5) is 4.79 Å². The average Bonchev–Trinajstić information content (AvgIpc) is 2.75. The second-order valence-corrected chi connectivity index (χ2v) is 9.65. The Labute approximate surface area is 185 Å². The number of nitrogens with zero attached hydrogens (tertiary/aromatic N) is 2. The molecule has 0 N–H and O–H groups in total. The fourth-order valence-electron chi connectivity index (χ4n) is 4.78. The Morgan fingerprint density at radius 2 is 1.65 bits per heavy atom. The molecule has 0 saturated carbocycles. The molecule has 2 aromatic carbocycles. The second kappa shape index (κ2) is 8.37. The number of carbonyl (C=O) groups excluding carboxylic acids is 2. The van der Waals surface area contributed by atoms with E-state index < -0.39 is 17.7 Å². The highest BCUT2D eigenvalue weighted by Gasteiger charge is 2.40. The maximum Gasteiger partial charge on any atom is 0.411 e. The largest absolute Gasteiger partial charge is 0.444 e. The van der Waals surface area contributed by atoms with E-state index in [2.05, 4.69) is 24.3 Å². The molecule has 0 bridgehead atoms. The van der Waals surface area contributed by atoms with Crippen molar-refractivity contribution in [2.24, 2.45) is 0 Å². The van der Waals surface area contributed by atoms with Crippen LogP contribution in [0.1, 0.15) is 61.9 Å². The van der Waals surface area contributed by atoms with Crippen LogP contribution in [0.3, 0.4) is 0 Å². The summed E-state index contributed by atoms with van der Waals surface area (Å²) in [5, 5.41) is 0. The fourth-order valence-corrected chi connectivity index (χ4v) is 4.78. The quantitative estimate of drug-likeness (QED) is 0.695. The van der Waals surface area contributed by atoms with E-state index in [1.807, 2.05) is 57.0 Å². The first-order valence-electron chi connectivity index (χ1n) is 11.2. The number of hydrogen-bond donors (Lipinski definition) is 0. The zero-order valence-corrected chi connectivity index (χ0v) is 18.9. The van der Waals surface area contributed by atoms with Gasteiger partial charge in [0.1, 0.15) is 11.6 Å². The van der Waals surface area contributed by atoms with Crippen LogP contribution < -0.4 is 0 Å². The lowest BCUT2D eigenvalue weighted by Gasteiger charge is -2.41. The molecule has 31 heavy (non-hydrogen) atoms. The van der Waals surface area contributed by atoms with Crippen LogP contribution >= 0.6 is 0 Å². The Kier molecular flexibility index (Phi) is 5.78. The predicted molar refractivity (Wildman–Crippen MR) is 121 cm³/mol. The molecule has 0 radical (unpaired) electrons. The number of benzene rings is 2. The maximum absolute atomic E-state index is 13.8. The van der Waals surface area contributed by atoms with Gasteiger partial charge in [-0.1, -0.05) is 48.5 Å². The van der Waals surface area contributed by atoms with E-state index in [-0.39, 0.29) is 11.9 Å². The minimum absolute atomic E-state index is 0.0259. The van der Waals surface area contributed by atoms with Gasteiger partial charge in [0.25, 0.3) is 0 Å². The molecule has 164 valence electrons. The lowest BCUT2D eigenvalue weighted by molar-refractivity contribution is -0.138. The van der Waals surface area contributed by atoms with Gasteiger partial charge in [0, 0.05) is 13.5 Å². The molecule has 0 spiro atoms. The van der Waals surface area contributed by atoms with E-state index in [1.54, 1.807) is 4.90 Å². The van der Waals surface area contributed by atoms with Crippen molar-refractivity contribution < 1.29 is 14.3 Å². The Bertz CT molecular complexity index is 979. The first-order valence-corrected chi connectivity index (χ1v) is 11.2. The summed E-state index contributed by atoms with van der Waals surface area (Å²) < 4.78 is 5.67. The monoisotopic (exact) mass is 420 g/mol. The number of hydrogen-bond acceptors (Lipinski definition) is 3. The third kappa shape index (κ3) is 4.46. The second-order valence-electron chi connectivity index (χ2n) is 9.65. The average molecular weight is 421 g/mol. The van der Waals surface area contributed by atoms with Gasteiger partial charge in [-0.3, -0.25) is 9.69 Å². The third-order valence-electron chi connectivity index (χ3n) is 6.31. The molecule has 4 rings (SSSR count). The van der Waals surface area contributed by atoms with Crippen LogP contribution in [0.2, 0.25) is 0 Å². The topological polar surface area (TPSA) is 49.9 Å². The number of ether oxygens (including phenoxy) is 1. The van der Waals surface area contributed by atoms with Gasteiger partial charge in [-0.25, -0.2) is 4.79 Å². The number of fused-ring (bicyclic) bond motifs is 2. The van der Waals surface area contributed by atoms with Gasteiger partial charge >= 0.3 is 6.09 Å². The molecular weight excluding hydrogens is 388 g/mol. The van der Waals surface area contributed by atoms with Gasteiger partial charge in [-0.2, -0.15) is 0 Å². The summed E-state index contributed by atoms with van der Waals surface area (Å²) in [7, 11) is 1.88. The van der Waals surface area contributed by atoms with Crippen LogP contribution in [-0.2, 0) is 28.9 Å². The highest BCUT2D eigenvalue weighted by atomic mass is 16.6. The number of carbonyl (C=O) groups is 2. The van der Waals surface area contributed by atoms with Gasteiger partial charge in [-0.05, 0) is 62.3 Å². The van der Waals surface area contributed by atoms with Crippen molar-refractivity contribution in [2.75, 3.05) is 7.05 Å². The SMILES string of the molecule is CN(C(=O)C1Cc2ccccc2CN1C(=O)OC(C)(C)C)[C@@H]1CCCc2ccccc21. The highest BCUT2D eigenvalue weighted by molar-refractivity contribution is 5.87. The molecular formula is C26H32N2O3. The van der Waals surface area contributed by atoms with Crippen molar-refractivity contribution >= 4 is 12.0 Å². The molecule has 2 aromatic rings. The van der Waals surface area contributed by atoms with Crippen molar-refractivity contribution in [3.05, 3.63) is 70.8 Å². The summed E-state index contributed by atoms with van der Waals surface area (Å²) in [5.74, 6) is -0.0259. The van der Waals surface area contributed by atoms with E-state index in [1.165, 1.54) is 11.1 Å². The van der Waals surface area contributed by atoms with E-state index in [9.17, 15) is 9.59 Å².